The Bertz CT molecular complexity index is 327. The number of nitrogens with zero attached hydrogens (tertiary/aromatic N) is 1. The lowest BCUT2D eigenvalue weighted by Crippen LogP contribution is -2.29. The van der Waals surface area contributed by atoms with Crippen LogP contribution in [0, 0.1) is 0 Å². The van der Waals surface area contributed by atoms with E-state index in [9.17, 15) is 0 Å². The van der Waals surface area contributed by atoms with Gasteiger partial charge in [-0.25, -0.2) is 0 Å². The van der Waals surface area contributed by atoms with Crippen LogP contribution >= 0.6 is 12.2 Å². The molecule has 4 heteroatoms. The van der Waals surface area contributed by atoms with Crippen LogP contribution in [0.3, 0.4) is 0 Å². The molecule has 0 saturated heterocycles. The van der Waals surface area contributed by atoms with E-state index < -0.39 is 0 Å². The van der Waals surface area contributed by atoms with Gasteiger partial charge in [0.25, 0.3) is 0 Å². The largest absolute Gasteiger partial charge is 0.374 e. The minimum atomic E-state index is -0.291. The van der Waals surface area contributed by atoms with E-state index in [-0.39, 0.29) is 6.10 Å². The molecule has 15 heavy (non-hydrogen) atoms. The molecule has 1 heterocycles. The summed E-state index contributed by atoms with van der Waals surface area (Å²) in [5, 5.41) is 3.03. The fourth-order valence-corrected chi connectivity index (χ4v) is 1.46. The fourth-order valence-electron chi connectivity index (χ4n) is 1.16. The van der Waals surface area contributed by atoms with Gasteiger partial charge in [-0.05, 0) is 12.1 Å². The lowest BCUT2D eigenvalue weighted by Gasteiger charge is -2.16. The van der Waals surface area contributed by atoms with Crippen molar-refractivity contribution in [3.8, 4) is 0 Å². The number of ether oxygens (including phenoxy) is 1. The Morgan fingerprint density at radius 2 is 2.53 bits per heavy atom. The van der Waals surface area contributed by atoms with E-state index in [1.807, 2.05) is 18.2 Å². The number of aromatic nitrogens is 1. The SMILES string of the molecule is C=CCNC(=S)C(OC)c1ccccn1. The molecule has 0 aromatic carbocycles. The van der Waals surface area contributed by atoms with Crippen LogP contribution in [-0.2, 0) is 4.74 Å². The number of hydrogen-bond acceptors (Lipinski definition) is 3. The molecule has 1 aromatic heterocycles. The van der Waals surface area contributed by atoms with Crippen molar-refractivity contribution in [3.05, 3.63) is 42.7 Å². The van der Waals surface area contributed by atoms with Gasteiger partial charge in [0.2, 0.25) is 0 Å². The maximum atomic E-state index is 5.29. The van der Waals surface area contributed by atoms with Gasteiger partial charge >= 0.3 is 0 Å². The topological polar surface area (TPSA) is 34.1 Å². The highest BCUT2D eigenvalue weighted by Crippen LogP contribution is 2.14. The van der Waals surface area contributed by atoms with E-state index in [0.717, 1.165) is 5.69 Å². The number of thiocarbonyl (C=S) groups is 1. The molecule has 0 radical (unpaired) electrons. The van der Waals surface area contributed by atoms with Crippen molar-refractivity contribution in [1.29, 1.82) is 0 Å². The Morgan fingerprint density at radius 1 is 1.73 bits per heavy atom. The van der Waals surface area contributed by atoms with Crippen LogP contribution in [0.4, 0.5) is 0 Å². The number of hydrogen-bond donors (Lipinski definition) is 1. The second kappa shape index (κ2) is 6.27. The summed E-state index contributed by atoms with van der Waals surface area (Å²) in [5.41, 5.74) is 0.807. The Kier molecular flexibility index (Phi) is 4.93. The van der Waals surface area contributed by atoms with Crippen molar-refractivity contribution in [2.45, 2.75) is 6.10 Å². The molecule has 0 aliphatic rings. The molecule has 3 nitrogen and oxygen atoms in total. The Hall–Kier alpha value is -1.26. The van der Waals surface area contributed by atoms with Crippen molar-refractivity contribution in [2.75, 3.05) is 13.7 Å². The van der Waals surface area contributed by atoms with Gasteiger partial charge in [-0.1, -0.05) is 24.4 Å². The molecular formula is C11H14N2OS. The van der Waals surface area contributed by atoms with Crippen LogP contribution in [0.15, 0.2) is 37.1 Å². The zero-order valence-electron chi connectivity index (χ0n) is 8.64. The smallest absolute Gasteiger partial charge is 0.149 e. The summed E-state index contributed by atoms with van der Waals surface area (Å²) >= 11 is 5.20. The fraction of sp³-hybridized carbons (Fsp3) is 0.273. The van der Waals surface area contributed by atoms with Crippen LogP contribution in [0.5, 0.6) is 0 Å². The third-order valence-corrected chi connectivity index (χ3v) is 2.21. The second-order valence-electron chi connectivity index (χ2n) is 2.90. The summed E-state index contributed by atoms with van der Waals surface area (Å²) in [5.74, 6) is 0. The summed E-state index contributed by atoms with van der Waals surface area (Å²) in [6.07, 6.45) is 3.18. The molecule has 1 aromatic rings. The molecule has 0 aliphatic heterocycles. The lowest BCUT2D eigenvalue weighted by atomic mass is 10.2. The normalized spacial score (nSPS) is 11.8. The lowest BCUT2D eigenvalue weighted by molar-refractivity contribution is 0.153. The van der Waals surface area contributed by atoms with Crippen molar-refractivity contribution >= 4 is 17.2 Å². The third kappa shape index (κ3) is 3.42. The average molecular weight is 222 g/mol. The van der Waals surface area contributed by atoms with Crippen LogP contribution < -0.4 is 5.32 Å². The monoisotopic (exact) mass is 222 g/mol. The van der Waals surface area contributed by atoms with Crippen LogP contribution in [-0.4, -0.2) is 23.6 Å². The van der Waals surface area contributed by atoms with E-state index >= 15 is 0 Å². The molecule has 1 unspecified atom stereocenters. The second-order valence-corrected chi connectivity index (χ2v) is 3.34. The zero-order valence-corrected chi connectivity index (χ0v) is 9.46. The van der Waals surface area contributed by atoms with Crippen LogP contribution in [0.2, 0.25) is 0 Å². The Labute approximate surface area is 95.2 Å². The summed E-state index contributed by atoms with van der Waals surface area (Å²) < 4.78 is 5.29. The maximum absolute atomic E-state index is 5.29. The number of rotatable bonds is 5. The number of methoxy groups -OCH3 is 1. The first-order valence-electron chi connectivity index (χ1n) is 4.62. The Morgan fingerprint density at radius 3 is 3.07 bits per heavy atom. The van der Waals surface area contributed by atoms with Gasteiger partial charge in [0, 0.05) is 19.9 Å². The van der Waals surface area contributed by atoms with Crippen LogP contribution in [0.25, 0.3) is 0 Å². The third-order valence-electron chi connectivity index (χ3n) is 1.85. The molecular weight excluding hydrogens is 208 g/mol. The van der Waals surface area contributed by atoms with Crippen LogP contribution in [0.1, 0.15) is 11.8 Å². The highest BCUT2D eigenvalue weighted by Gasteiger charge is 2.16. The van der Waals surface area contributed by atoms with E-state index in [1.54, 1.807) is 19.4 Å². The van der Waals surface area contributed by atoms with Crippen molar-refractivity contribution in [3.63, 3.8) is 0 Å². The van der Waals surface area contributed by atoms with E-state index in [2.05, 4.69) is 16.9 Å². The highest BCUT2D eigenvalue weighted by molar-refractivity contribution is 7.80. The quantitative estimate of drug-likeness (QED) is 0.609. The molecule has 0 spiro atoms. The minimum absolute atomic E-state index is 0.291. The van der Waals surface area contributed by atoms with E-state index in [4.69, 9.17) is 17.0 Å². The van der Waals surface area contributed by atoms with Crippen molar-refractivity contribution in [2.24, 2.45) is 0 Å². The maximum Gasteiger partial charge on any atom is 0.149 e. The van der Waals surface area contributed by atoms with Gasteiger partial charge in [0.15, 0.2) is 0 Å². The van der Waals surface area contributed by atoms with Gasteiger partial charge in [0.05, 0.1) is 5.69 Å². The first-order valence-corrected chi connectivity index (χ1v) is 5.02. The summed E-state index contributed by atoms with van der Waals surface area (Å²) in [6, 6.07) is 5.65. The first-order chi connectivity index (χ1) is 7.29. The summed E-state index contributed by atoms with van der Waals surface area (Å²) in [6.45, 7) is 4.24. The predicted octanol–water partition coefficient (Wildman–Crippen LogP) is 1.87. The minimum Gasteiger partial charge on any atom is -0.374 e. The van der Waals surface area contributed by atoms with E-state index in [1.165, 1.54) is 0 Å². The summed E-state index contributed by atoms with van der Waals surface area (Å²) in [7, 11) is 1.61. The van der Waals surface area contributed by atoms with Gasteiger partial charge in [-0.15, -0.1) is 6.58 Å². The van der Waals surface area contributed by atoms with Gasteiger partial charge in [-0.2, -0.15) is 0 Å². The Balaban J connectivity index is 2.71. The average Bonchev–Trinajstić information content (AvgIpc) is 2.29. The van der Waals surface area contributed by atoms with Crippen molar-refractivity contribution < 1.29 is 4.74 Å². The molecule has 1 atom stereocenters. The number of nitrogens with one attached hydrogen (secondary N) is 1. The first kappa shape index (κ1) is 11.8. The predicted molar refractivity (Wildman–Crippen MR) is 64.8 cm³/mol. The number of pyridine rings is 1. The molecule has 1 N–H and O–H groups in total. The molecule has 0 aliphatic carbocycles. The van der Waals surface area contributed by atoms with Gasteiger partial charge in [0.1, 0.15) is 11.1 Å². The molecule has 80 valence electrons. The van der Waals surface area contributed by atoms with E-state index in [0.29, 0.717) is 11.5 Å². The molecule has 0 bridgehead atoms. The van der Waals surface area contributed by atoms with Crippen molar-refractivity contribution in [1.82, 2.24) is 10.3 Å². The molecule has 0 saturated carbocycles. The zero-order chi connectivity index (χ0) is 11.1. The molecule has 1 rings (SSSR count). The van der Waals surface area contributed by atoms with Gasteiger partial charge in [-0.3, -0.25) is 4.98 Å². The standard InChI is InChI=1S/C11H14N2OS/c1-3-7-13-11(15)10(14-2)9-6-4-5-8-12-9/h3-6,8,10H,1,7H2,2H3,(H,13,15). The van der Waals surface area contributed by atoms with Gasteiger partial charge < -0.3 is 10.1 Å². The molecule has 0 amide bonds. The molecule has 0 fully saturated rings. The summed E-state index contributed by atoms with van der Waals surface area (Å²) in [4.78, 5) is 4.82. The highest BCUT2D eigenvalue weighted by atomic mass is 32.1.